The Balaban J connectivity index is 0.000000519. The first-order chi connectivity index (χ1) is 22.7. The van der Waals surface area contributed by atoms with E-state index in [1.165, 1.54) is 31.3 Å². The molecule has 0 aliphatic carbocycles. The molecule has 0 aliphatic rings. The number of aromatic nitrogens is 2. The molecule has 22 heteroatoms. The van der Waals surface area contributed by atoms with Crippen LogP contribution in [0.4, 0.5) is 28.4 Å². The number of hydrogen-bond acceptors (Lipinski definition) is 15. The maximum Gasteiger partial charge on any atom is 3.00 e. The summed E-state index contributed by atoms with van der Waals surface area (Å²) >= 11 is 0. The molecule has 1 radical (unpaired) electrons. The molecule has 0 spiro atoms. The van der Waals surface area contributed by atoms with E-state index in [0.29, 0.717) is 23.4 Å². The fourth-order valence-corrected chi connectivity index (χ4v) is 4.36. The van der Waals surface area contributed by atoms with Crippen molar-refractivity contribution in [3.8, 4) is 28.8 Å². The molecular formula is C29H19CrN7Na2O11S+. The van der Waals surface area contributed by atoms with Crippen LogP contribution in [0.1, 0.15) is 11.3 Å². The summed E-state index contributed by atoms with van der Waals surface area (Å²) in [4.78, 5) is 22.7. The van der Waals surface area contributed by atoms with E-state index in [-0.39, 0.29) is 111 Å². The topological polar surface area (TPSA) is 288 Å². The minimum atomic E-state index is -5.10. The summed E-state index contributed by atoms with van der Waals surface area (Å²) in [5.41, 5.74) is -1.40. The number of aryl methyl sites for hydroxylation is 1. The third-order valence-corrected chi connectivity index (χ3v) is 7.00. The summed E-state index contributed by atoms with van der Waals surface area (Å²) < 4.78 is 34.6. The number of non-ortho nitro benzene ring substituents is 1. The molecule has 0 fully saturated rings. The molecule has 0 saturated carbocycles. The Morgan fingerprint density at radius 2 is 1.47 bits per heavy atom. The predicted octanol–water partition coefficient (Wildman–Crippen LogP) is -2.31. The third-order valence-electron chi connectivity index (χ3n) is 6.19. The standard InChI is InChI=1S/C16H13N5O7S.C13H10N2O4.Cr.2Na/c1-9-14(16(23)20(19-9)10-5-3-2-4-6-10)18-17-12-7-11(29(26,27)28)8-13(15(12)22)21(24)25;16-12-4-2-1-3-9(12)8-14-11-7-10(15(18)19)5-6-13(11)17;;;/h2-8,22-23H,1H3,(H,26,27,28);1-8,16-17H;;;/q;;+3;2*+1/p-4. The SMILES string of the molecule is Cc1nn(-c2ccccc2)c([O-])c1N=Nc1cc(S(=O)(=O)[O-])cc([N+](=O)[O-])c1[O-].O=[N+]([O-])c1ccc(O)c(N=Cc2ccccc2[O-])c1.[Cr+3].[Na+].[Na+]. The number of phenols is 1. The number of aromatic hydroxyl groups is 1. The zero-order valence-electron chi connectivity index (χ0n) is 26.6. The molecular weight excluding hydrogens is 752 g/mol. The van der Waals surface area contributed by atoms with Crippen LogP contribution in [-0.2, 0) is 27.5 Å². The van der Waals surface area contributed by atoms with Crippen molar-refractivity contribution in [3.63, 3.8) is 0 Å². The number of phenolic OH excluding ortho intramolecular Hbond substituents is 1. The summed E-state index contributed by atoms with van der Waals surface area (Å²) in [5, 5.41) is 78.3. The Labute approximate surface area is 343 Å². The van der Waals surface area contributed by atoms with E-state index in [2.05, 4.69) is 20.3 Å². The average molecular weight is 772 g/mol. The van der Waals surface area contributed by atoms with Crippen LogP contribution < -0.4 is 74.4 Å². The molecule has 249 valence electrons. The largest absolute Gasteiger partial charge is 3.00 e. The fraction of sp³-hybridized carbons (Fsp3) is 0.0345. The minimum absolute atomic E-state index is 0. The number of rotatable bonds is 8. The van der Waals surface area contributed by atoms with Crippen LogP contribution in [-0.4, -0.2) is 43.9 Å². The number of hydrogen-bond donors (Lipinski definition) is 1. The van der Waals surface area contributed by atoms with Crippen LogP contribution in [0.3, 0.4) is 0 Å². The molecule has 51 heavy (non-hydrogen) atoms. The van der Waals surface area contributed by atoms with Gasteiger partial charge < -0.3 is 25.0 Å². The second-order valence-corrected chi connectivity index (χ2v) is 10.8. The number of nitrogens with zero attached hydrogens (tertiary/aromatic N) is 7. The van der Waals surface area contributed by atoms with Crippen molar-refractivity contribution in [2.75, 3.05) is 0 Å². The van der Waals surface area contributed by atoms with Gasteiger partial charge >= 0.3 is 76.5 Å². The van der Waals surface area contributed by atoms with Gasteiger partial charge in [0.05, 0.1) is 31.8 Å². The zero-order chi connectivity index (χ0) is 35.2. The van der Waals surface area contributed by atoms with Crippen molar-refractivity contribution in [2.45, 2.75) is 11.8 Å². The van der Waals surface area contributed by atoms with Crippen LogP contribution in [0.25, 0.3) is 5.69 Å². The van der Waals surface area contributed by atoms with E-state index in [1.54, 1.807) is 48.5 Å². The molecule has 0 saturated heterocycles. The molecule has 1 N–H and O–H groups in total. The van der Waals surface area contributed by atoms with E-state index in [1.807, 2.05) is 0 Å². The number of aliphatic imine (C=N–C) groups is 1. The normalized spacial score (nSPS) is 10.7. The summed E-state index contributed by atoms with van der Waals surface area (Å²) in [6.07, 6.45) is 1.26. The third kappa shape index (κ3) is 11.4. The van der Waals surface area contributed by atoms with Gasteiger partial charge in [0.2, 0.25) is 0 Å². The first kappa shape index (κ1) is 44.8. The number of nitro groups is 2. The Bertz CT molecular complexity index is 2200. The van der Waals surface area contributed by atoms with Gasteiger partial charge in [-0.1, -0.05) is 42.5 Å². The fourth-order valence-electron chi connectivity index (χ4n) is 3.84. The van der Waals surface area contributed by atoms with Crippen molar-refractivity contribution in [1.29, 1.82) is 0 Å². The molecule has 5 rings (SSSR count). The number of benzene rings is 4. The van der Waals surface area contributed by atoms with Crippen LogP contribution in [0.5, 0.6) is 23.1 Å². The maximum absolute atomic E-state index is 12.5. The van der Waals surface area contributed by atoms with Gasteiger partial charge in [0.25, 0.3) is 11.4 Å². The van der Waals surface area contributed by atoms with Crippen molar-refractivity contribution < 1.29 is 120 Å². The molecule has 0 aliphatic heterocycles. The van der Waals surface area contributed by atoms with Crippen molar-refractivity contribution >= 4 is 44.8 Å². The molecule has 5 aromatic rings. The summed E-state index contributed by atoms with van der Waals surface area (Å²) in [6.45, 7) is 1.45. The van der Waals surface area contributed by atoms with E-state index in [4.69, 9.17) is 0 Å². The molecule has 18 nitrogen and oxygen atoms in total. The molecule has 4 aromatic carbocycles. The number of azo groups is 1. The van der Waals surface area contributed by atoms with E-state index in [0.717, 1.165) is 10.7 Å². The summed E-state index contributed by atoms with van der Waals surface area (Å²) in [7, 11) is -5.10. The van der Waals surface area contributed by atoms with E-state index < -0.39 is 47.9 Å². The second-order valence-electron chi connectivity index (χ2n) is 9.41. The molecule has 0 atom stereocenters. The average Bonchev–Trinajstić information content (AvgIpc) is 3.33. The molecule has 0 amide bonds. The maximum atomic E-state index is 12.5. The summed E-state index contributed by atoms with van der Waals surface area (Å²) in [5.74, 6) is -2.33. The second kappa shape index (κ2) is 19.4. The van der Waals surface area contributed by atoms with Gasteiger partial charge in [-0.2, -0.15) is 10.2 Å². The first-order valence-corrected chi connectivity index (χ1v) is 14.5. The Kier molecular flexibility index (Phi) is 17.1. The Morgan fingerprint density at radius 1 is 0.843 bits per heavy atom. The predicted molar refractivity (Wildman–Crippen MR) is 160 cm³/mol. The number of para-hydroxylation sites is 2. The van der Waals surface area contributed by atoms with Crippen LogP contribution in [0.2, 0.25) is 0 Å². The Hall–Kier alpha value is -4.20. The van der Waals surface area contributed by atoms with Gasteiger partial charge in [0.15, 0.2) is 0 Å². The van der Waals surface area contributed by atoms with Gasteiger partial charge in [-0.25, -0.2) is 13.1 Å². The van der Waals surface area contributed by atoms with Gasteiger partial charge in [-0.3, -0.25) is 25.2 Å². The Morgan fingerprint density at radius 3 is 2.06 bits per heavy atom. The molecule has 0 bridgehead atoms. The quantitative estimate of drug-likeness (QED) is 0.0435. The summed E-state index contributed by atoms with van der Waals surface area (Å²) in [6, 6.07) is 19.0. The zero-order valence-corrected chi connectivity index (χ0v) is 32.7. The van der Waals surface area contributed by atoms with Crippen molar-refractivity contribution in [3.05, 3.63) is 116 Å². The smallest absolute Gasteiger partial charge is 0.872 e. The monoisotopic (exact) mass is 771 g/mol. The van der Waals surface area contributed by atoms with E-state index >= 15 is 0 Å². The molecule has 1 aromatic heterocycles. The van der Waals surface area contributed by atoms with Gasteiger partial charge in [-0.15, -0.1) is 10.9 Å². The van der Waals surface area contributed by atoms with Crippen molar-refractivity contribution in [1.82, 2.24) is 9.78 Å². The number of nitro benzene ring substituents is 2. The first-order valence-electron chi connectivity index (χ1n) is 13.1. The molecule has 1 heterocycles. The van der Waals surface area contributed by atoms with Crippen molar-refractivity contribution in [2.24, 2.45) is 15.2 Å². The van der Waals surface area contributed by atoms with Crippen LogP contribution in [0.15, 0.2) is 105 Å². The van der Waals surface area contributed by atoms with Crippen LogP contribution >= 0.6 is 0 Å². The van der Waals surface area contributed by atoms with Gasteiger partial charge in [-0.05, 0) is 36.8 Å². The minimum Gasteiger partial charge on any atom is -0.872 e. The van der Waals surface area contributed by atoms with Crippen LogP contribution in [0, 0.1) is 27.2 Å². The molecule has 0 unspecified atom stereocenters. The van der Waals surface area contributed by atoms with Gasteiger partial charge in [0.1, 0.15) is 27.2 Å². The van der Waals surface area contributed by atoms with Gasteiger partial charge in [0, 0.05) is 36.0 Å². The van der Waals surface area contributed by atoms with E-state index in [9.17, 15) is 53.6 Å².